The van der Waals surface area contributed by atoms with Crippen LogP contribution in [0.4, 0.5) is 0 Å². The molecule has 0 aromatic heterocycles. The van der Waals surface area contributed by atoms with Gasteiger partial charge in [-0.25, -0.2) is 0 Å². The predicted molar refractivity (Wildman–Crippen MR) is 111 cm³/mol. The zero-order valence-electron chi connectivity index (χ0n) is 18.3. The van der Waals surface area contributed by atoms with E-state index in [4.69, 9.17) is 0 Å². The number of aliphatic hydroxyl groups excluding tert-OH is 1. The second-order valence-electron chi connectivity index (χ2n) is 12.5. The first-order valence-electron chi connectivity index (χ1n) is 12.1. The lowest BCUT2D eigenvalue weighted by Crippen LogP contribution is -2.65. The zero-order chi connectivity index (χ0) is 19.1. The lowest BCUT2D eigenvalue weighted by atomic mass is 9.38. The third-order valence-corrected chi connectivity index (χ3v) is 11.4. The molecule has 4 aliphatic carbocycles. The molecule has 0 bridgehead atoms. The summed E-state index contributed by atoms with van der Waals surface area (Å²) in [5.74, 6) is 4.41. The van der Waals surface area contributed by atoms with E-state index < -0.39 is 0 Å². The van der Waals surface area contributed by atoms with Crippen LogP contribution in [0.3, 0.4) is 0 Å². The fourth-order valence-corrected chi connectivity index (χ4v) is 10.1. The number of nitrogens with one attached hydrogen (secondary N) is 1. The predicted octanol–water partition coefficient (Wildman–Crippen LogP) is 5.40. The van der Waals surface area contributed by atoms with Crippen LogP contribution in [0, 0.1) is 45.8 Å². The van der Waals surface area contributed by atoms with Crippen LogP contribution < -0.4 is 5.32 Å². The quantitative estimate of drug-likeness (QED) is 0.645. The van der Waals surface area contributed by atoms with Crippen molar-refractivity contribution in [3.63, 3.8) is 0 Å². The molecule has 5 rings (SSSR count). The van der Waals surface area contributed by atoms with E-state index in [9.17, 15) is 5.11 Å². The van der Waals surface area contributed by atoms with Crippen molar-refractivity contribution in [1.29, 1.82) is 0 Å². The lowest BCUT2D eigenvalue weighted by Gasteiger charge is -2.68. The van der Waals surface area contributed by atoms with Crippen molar-refractivity contribution in [3.8, 4) is 0 Å². The molecule has 0 aromatic rings. The molecule has 5 fully saturated rings. The summed E-state index contributed by atoms with van der Waals surface area (Å²) in [6.07, 6.45) is 13.9. The minimum atomic E-state index is 0.300. The van der Waals surface area contributed by atoms with Gasteiger partial charge in [0, 0.05) is 12.1 Å². The van der Waals surface area contributed by atoms with Gasteiger partial charge in [0.1, 0.15) is 0 Å². The Kier molecular flexibility index (Phi) is 4.18. The second-order valence-corrected chi connectivity index (χ2v) is 12.5. The highest BCUT2D eigenvalue weighted by Gasteiger charge is 2.64. The number of hydrogen-bond donors (Lipinski definition) is 2. The van der Waals surface area contributed by atoms with Gasteiger partial charge in [-0.2, -0.15) is 0 Å². The van der Waals surface area contributed by atoms with Crippen molar-refractivity contribution < 1.29 is 5.11 Å². The monoisotopic (exact) mass is 373 g/mol. The number of piperidine rings is 1. The normalized spacial score (nSPS) is 56.6. The van der Waals surface area contributed by atoms with E-state index in [0.29, 0.717) is 28.4 Å². The molecule has 8 atom stereocenters. The van der Waals surface area contributed by atoms with E-state index in [-0.39, 0.29) is 0 Å². The highest BCUT2D eigenvalue weighted by molar-refractivity contribution is 5.14. The van der Waals surface area contributed by atoms with Gasteiger partial charge in [-0.15, -0.1) is 0 Å². The highest BCUT2D eigenvalue weighted by Crippen LogP contribution is 2.71. The summed E-state index contributed by atoms with van der Waals surface area (Å²) in [6, 6.07) is 0. The van der Waals surface area contributed by atoms with Gasteiger partial charge in [0.15, 0.2) is 0 Å². The number of rotatable bonds is 1. The van der Waals surface area contributed by atoms with Gasteiger partial charge in [-0.05, 0) is 124 Å². The minimum absolute atomic E-state index is 0.300. The fourth-order valence-electron chi connectivity index (χ4n) is 10.1. The van der Waals surface area contributed by atoms with E-state index in [1.165, 1.54) is 70.8 Å². The van der Waals surface area contributed by atoms with Crippen LogP contribution >= 0.6 is 0 Å². The van der Waals surface area contributed by atoms with E-state index in [2.05, 4.69) is 33.0 Å². The van der Waals surface area contributed by atoms with Gasteiger partial charge in [0.25, 0.3) is 0 Å². The molecule has 4 saturated carbocycles. The van der Waals surface area contributed by atoms with Crippen molar-refractivity contribution >= 4 is 0 Å². The van der Waals surface area contributed by atoms with Crippen molar-refractivity contribution in [1.82, 2.24) is 5.32 Å². The van der Waals surface area contributed by atoms with Crippen LogP contribution in [-0.4, -0.2) is 23.8 Å². The Morgan fingerprint density at radius 1 is 0.741 bits per heavy atom. The van der Waals surface area contributed by atoms with Gasteiger partial charge in [-0.1, -0.05) is 20.3 Å². The molecule has 0 radical (unpaired) electrons. The van der Waals surface area contributed by atoms with Crippen LogP contribution in [-0.2, 0) is 0 Å². The molecule has 1 heterocycles. The Morgan fingerprint density at radius 2 is 1.41 bits per heavy atom. The summed E-state index contributed by atoms with van der Waals surface area (Å²) in [6.45, 7) is 12.0. The van der Waals surface area contributed by atoms with Gasteiger partial charge in [0.2, 0.25) is 0 Å². The molecule has 0 spiro atoms. The highest BCUT2D eigenvalue weighted by atomic mass is 16.3. The Hall–Kier alpha value is -0.0800. The first kappa shape index (κ1) is 18.9. The number of aliphatic hydroxyl groups is 1. The van der Waals surface area contributed by atoms with Gasteiger partial charge < -0.3 is 10.4 Å². The van der Waals surface area contributed by atoms with Crippen molar-refractivity contribution in [2.24, 2.45) is 45.8 Å². The van der Waals surface area contributed by atoms with Crippen LogP contribution in [0.2, 0.25) is 0 Å². The summed E-state index contributed by atoms with van der Waals surface area (Å²) in [4.78, 5) is 0. The average molecular weight is 374 g/mol. The largest absolute Gasteiger partial charge is 0.396 e. The van der Waals surface area contributed by atoms with Crippen molar-refractivity contribution in [2.45, 2.75) is 97.4 Å². The fraction of sp³-hybridized carbons (Fsp3) is 1.00. The molecule has 154 valence electrons. The van der Waals surface area contributed by atoms with E-state index >= 15 is 0 Å². The van der Waals surface area contributed by atoms with Gasteiger partial charge in [-0.3, -0.25) is 0 Å². The Labute approximate surface area is 167 Å². The molecule has 27 heavy (non-hydrogen) atoms. The third-order valence-electron chi connectivity index (χ3n) is 11.4. The Bertz CT molecular complexity index is 601. The van der Waals surface area contributed by atoms with E-state index in [1.807, 2.05) is 0 Å². The molecule has 2 N–H and O–H groups in total. The number of fused-ring (bicyclic) bond motifs is 7. The standard InChI is InChI=1S/C25H43NO/c1-22(2)21-10-9-17-18(24(21,4)14-15-26-22)7-8-19-20-6-5-11-25(20,16-27)13-12-23(17,19)3/h17-21,26-27H,5-16H2,1-4H3/t17?,18?,19?,20?,21?,23-,24?,25?/m0/s1. The van der Waals surface area contributed by atoms with Crippen molar-refractivity contribution in [3.05, 3.63) is 0 Å². The summed E-state index contributed by atoms with van der Waals surface area (Å²) in [5.41, 5.74) is 1.68. The maximum absolute atomic E-state index is 10.3. The van der Waals surface area contributed by atoms with Gasteiger partial charge >= 0.3 is 0 Å². The van der Waals surface area contributed by atoms with Crippen LogP contribution in [0.15, 0.2) is 0 Å². The molecular formula is C25H43NO. The molecule has 2 heteroatoms. The number of hydrogen-bond acceptors (Lipinski definition) is 2. The Balaban J connectivity index is 1.48. The molecule has 1 aliphatic heterocycles. The first-order chi connectivity index (χ1) is 12.8. The second kappa shape index (κ2) is 5.97. The molecule has 0 amide bonds. The smallest absolute Gasteiger partial charge is 0.0490 e. The SMILES string of the molecule is CC1(C)NCCC2(C)C3CCC4C5CCCC5(CO)CC[C@@]4(C)C3CCC12. The molecule has 2 nitrogen and oxygen atoms in total. The van der Waals surface area contributed by atoms with E-state index in [1.54, 1.807) is 0 Å². The maximum Gasteiger partial charge on any atom is 0.0490 e. The van der Waals surface area contributed by atoms with Gasteiger partial charge in [0.05, 0.1) is 0 Å². The molecule has 5 aliphatic rings. The van der Waals surface area contributed by atoms with Crippen LogP contribution in [0.1, 0.15) is 91.9 Å². The summed E-state index contributed by atoms with van der Waals surface area (Å²) in [5, 5.41) is 14.2. The third kappa shape index (κ3) is 2.38. The first-order valence-corrected chi connectivity index (χ1v) is 12.1. The molecular weight excluding hydrogens is 330 g/mol. The van der Waals surface area contributed by atoms with E-state index in [0.717, 1.165) is 29.6 Å². The molecule has 0 aromatic carbocycles. The average Bonchev–Trinajstić information content (AvgIpc) is 3.05. The molecule has 1 saturated heterocycles. The lowest BCUT2D eigenvalue weighted by molar-refractivity contribution is -0.183. The maximum atomic E-state index is 10.3. The van der Waals surface area contributed by atoms with Crippen LogP contribution in [0.5, 0.6) is 0 Å². The van der Waals surface area contributed by atoms with Crippen LogP contribution in [0.25, 0.3) is 0 Å². The zero-order valence-corrected chi connectivity index (χ0v) is 18.3. The van der Waals surface area contributed by atoms with Crippen molar-refractivity contribution in [2.75, 3.05) is 13.2 Å². The molecule has 7 unspecified atom stereocenters. The Morgan fingerprint density at radius 3 is 2.15 bits per heavy atom. The summed E-state index contributed by atoms with van der Waals surface area (Å²) < 4.78 is 0. The summed E-state index contributed by atoms with van der Waals surface area (Å²) >= 11 is 0. The minimum Gasteiger partial charge on any atom is -0.396 e. The topological polar surface area (TPSA) is 32.3 Å². The summed E-state index contributed by atoms with van der Waals surface area (Å²) in [7, 11) is 0.